The van der Waals surface area contributed by atoms with E-state index in [0.29, 0.717) is 0 Å². The molecule has 0 spiro atoms. The number of esters is 2. The van der Waals surface area contributed by atoms with E-state index >= 15 is 0 Å². The van der Waals surface area contributed by atoms with Gasteiger partial charge in [0.05, 0.1) is 18.8 Å². The van der Waals surface area contributed by atoms with Gasteiger partial charge in [-0.15, -0.1) is 0 Å². The molecule has 0 radical (unpaired) electrons. The van der Waals surface area contributed by atoms with E-state index in [1.165, 1.54) is 0 Å². The summed E-state index contributed by atoms with van der Waals surface area (Å²) in [4.78, 5) is 21.4. The van der Waals surface area contributed by atoms with Crippen LogP contribution in [0.4, 0.5) is 0 Å². The molecule has 0 unspecified atom stereocenters. The lowest BCUT2D eigenvalue weighted by Crippen LogP contribution is -2.10. The molecule has 0 saturated carbocycles. The summed E-state index contributed by atoms with van der Waals surface area (Å²) in [6, 6.07) is 0. The Balaban J connectivity index is 0. The summed E-state index contributed by atoms with van der Waals surface area (Å²) >= 11 is 0. The van der Waals surface area contributed by atoms with Crippen molar-refractivity contribution in [1.29, 1.82) is 0 Å². The van der Waals surface area contributed by atoms with E-state index in [1.54, 1.807) is 20.8 Å². The summed E-state index contributed by atoms with van der Waals surface area (Å²) in [5.74, 6) is -1.47. The van der Waals surface area contributed by atoms with Crippen molar-refractivity contribution in [1.82, 2.24) is 0 Å². The Hall–Kier alpha value is -1.44. The van der Waals surface area contributed by atoms with Gasteiger partial charge in [-0.05, 0) is 20.8 Å². The zero-order valence-electron chi connectivity index (χ0n) is 11.5. The zero-order valence-corrected chi connectivity index (χ0v) is 11.5. The van der Waals surface area contributed by atoms with Crippen LogP contribution in [0.3, 0.4) is 0 Å². The number of ether oxygens (including phenoxy) is 2. The molecule has 0 amide bonds. The number of aliphatic hydroxyl groups is 3. The Bertz CT molecular complexity index is 250. The predicted molar refractivity (Wildman–Crippen MR) is 67.2 cm³/mol. The first kappa shape index (κ1) is 19.9. The minimum Gasteiger partial charge on any atom is -0.460 e. The van der Waals surface area contributed by atoms with Gasteiger partial charge in [-0.1, -0.05) is 0 Å². The highest BCUT2D eigenvalue weighted by atomic mass is 16.5. The van der Waals surface area contributed by atoms with Gasteiger partial charge in [0.25, 0.3) is 0 Å². The van der Waals surface area contributed by atoms with Gasteiger partial charge in [0.1, 0.15) is 13.2 Å². The van der Waals surface area contributed by atoms with Crippen molar-refractivity contribution in [3.63, 3.8) is 0 Å². The Morgan fingerprint density at radius 1 is 0.947 bits per heavy atom. The second-order valence-corrected chi connectivity index (χ2v) is 4.29. The maximum Gasteiger partial charge on any atom is 0.331 e. The Morgan fingerprint density at radius 3 is 1.42 bits per heavy atom. The van der Waals surface area contributed by atoms with Gasteiger partial charge in [-0.2, -0.15) is 0 Å². The predicted octanol–water partition coefficient (Wildman–Crippen LogP) is -0.609. The molecule has 0 aromatic carbocycles. The number of carbonyl (C=O) groups is 2. The first-order valence-corrected chi connectivity index (χ1v) is 5.66. The summed E-state index contributed by atoms with van der Waals surface area (Å²) in [5, 5.41) is 25.1. The Labute approximate surface area is 112 Å². The van der Waals surface area contributed by atoms with Gasteiger partial charge in [-0.25, -0.2) is 9.59 Å². The molecule has 0 atom stereocenters. The maximum atomic E-state index is 10.7. The Kier molecular flexibility index (Phi) is 12.2. The molecule has 3 N–H and O–H groups in total. The van der Waals surface area contributed by atoms with E-state index in [0.717, 1.165) is 12.2 Å². The van der Waals surface area contributed by atoms with Crippen LogP contribution in [0.1, 0.15) is 20.8 Å². The van der Waals surface area contributed by atoms with E-state index in [4.69, 9.17) is 15.3 Å². The maximum absolute atomic E-state index is 10.7. The first-order valence-electron chi connectivity index (χ1n) is 5.66. The van der Waals surface area contributed by atoms with Crippen molar-refractivity contribution in [2.45, 2.75) is 26.4 Å². The van der Waals surface area contributed by atoms with E-state index in [2.05, 4.69) is 9.47 Å². The summed E-state index contributed by atoms with van der Waals surface area (Å²) in [7, 11) is 0. The van der Waals surface area contributed by atoms with E-state index in [1.807, 2.05) is 0 Å². The molecule has 0 aliphatic carbocycles. The molecule has 0 bridgehead atoms. The number of rotatable bonds is 6. The third-order valence-electron chi connectivity index (χ3n) is 1.03. The summed E-state index contributed by atoms with van der Waals surface area (Å²) in [5.41, 5.74) is -0.500. The average molecular weight is 278 g/mol. The molecule has 112 valence electrons. The SMILES string of the molecule is CC(C)(C)O.O=C(/C=C\C(=O)OCCO)OCCO. The molecular formula is C12H22O7. The molecular weight excluding hydrogens is 256 g/mol. The third-order valence-corrected chi connectivity index (χ3v) is 1.03. The Morgan fingerprint density at radius 2 is 1.21 bits per heavy atom. The van der Waals surface area contributed by atoms with Crippen molar-refractivity contribution in [2.75, 3.05) is 26.4 Å². The fourth-order valence-electron chi connectivity index (χ4n) is 0.525. The minimum absolute atomic E-state index is 0.116. The van der Waals surface area contributed by atoms with Crippen LogP contribution in [0.15, 0.2) is 12.2 Å². The lowest BCUT2D eigenvalue weighted by Gasteiger charge is -2.04. The van der Waals surface area contributed by atoms with E-state index in [9.17, 15) is 9.59 Å². The smallest absolute Gasteiger partial charge is 0.331 e. The highest BCUT2D eigenvalue weighted by molar-refractivity contribution is 5.91. The topological polar surface area (TPSA) is 113 Å². The molecule has 0 fully saturated rings. The van der Waals surface area contributed by atoms with Gasteiger partial charge in [-0.3, -0.25) is 0 Å². The van der Waals surface area contributed by atoms with Gasteiger partial charge in [0.2, 0.25) is 0 Å². The molecule has 0 rings (SSSR count). The van der Waals surface area contributed by atoms with Crippen molar-refractivity contribution >= 4 is 11.9 Å². The number of aliphatic hydroxyl groups excluding tert-OH is 2. The largest absolute Gasteiger partial charge is 0.460 e. The third kappa shape index (κ3) is 26.3. The normalized spacial score (nSPS) is 10.6. The van der Waals surface area contributed by atoms with Gasteiger partial charge >= 0.3 is 11.9 Å². The van der Waals surface area contributed by atoms with Crippen molar-refractivity contribution < 1.29 is 34.4 Å². The quantitative estimate of drug-likeness (QED) is 0.439. The van der Waals surface area contributed by atoms with Crippen molar-refractivity contribution in [3.8, 4) is 0 Å². The number of carbonyl (C=O) groups excluding carboxylic acids is 2. The first-order chi connectivity index (χ1) is 8.70. The van der Waals surface area contributed by atoms with Crippen LogP contribution >= 0.6 is 0 Å². The van der Waals surface area contributed by atoms with Crippen LogP contribution in [0.2, 0.25) is 0 Å². The summed E-state index contributed by atoms with van der Waals surface area (Å²) in [6.07, 6.45) is 1.77. The fraction of sp³-hybridized carbons (Fsp3) is 0.667. The molecule has 0 aliphatic heterocycles. The van der Waals surface area contributed by atoms with Gasteiger partial charge in [0.15, 0.2) is 0 Å². The molecule has 0 aromatic heterocycles. The van der Waals surface area contributed by atoms with Crippen molar-refractivity contribution in [2.24, 2.45) is 0 Å². The second kappa shape index (κ2) is 11.6. The van der Waals surface area contributed by atoms with Crippen LogP contribution < -0.4 is 0 Å². The number of hydrogen-bond acceptors (Lipinski definition) is 7. The molecule has 0 aromatic rings. The molecule has 0 aliphatic rings. The molecule has 19 heavy (non-hydrogen) atoms. The highest BCUT2D eigenvalue weighted by Gasteiger charge is 1.99. The van der Waals surface area contributed by atoms with Crippen LogP contribution in [0, 0.1) is 0 Å². The lowest BCUT2D eigenvalue weighted by atomic mass is 10.2. The van der Waals surface area contributed by atoms with E-state index < -0.39 is 17.5 Å². The van der Waals surface area contributed by atoms with Crippen molar-refractivity contribution in [3.05, 3.63) is 12.2 Å². The lowest BCUT2D eigenvalue weighted by molar-refractivity contribution is -0.141. The van der Waals surface area contributed by atoms with E-state index in [-0.39, 0.29) is 26.4 Å². The van der Waals surface area contributed by atoms with Gasteiger partial charge < -0.3 is 24.8 Å². The molecule has 0 heterocycles. The highest BCUT2D eigenvalue weighted by Crippen LogP contribution is 1.93. The monoisotopic (exact) mass is 278 g/mol. The molecule has 7 heteroatoms. The average Bonchev–Trinajstić information content (AvgIpc) is 2.29. The molecule has 7 nitrogen and oxygen atoms in total. The van der Waals surface area contributed by atoms with Crippen LogP contribution in [-0.2, 0) is 19.1 Å². The fourth-order valence-corrected chi connectivity index (χ4v) is 0.525. The zero-order chi connectivity index (χ0) is 15.3. The second-order valence-electron chi connectivity index (χ2n) is 4.29. The number of hydrogen-bond donors (Lipinski definition) is 3. The standard InChI is InChI=1S/C8H12O6.C4H10O/c9-3-5-13-7(11)1-2-8(12)14-6-4-10;1-4(2,3)5/h1-2,9-10H,3-6H2;5H,1-3H3/b2-1-;. The van der Waals surface area contributed by atoms with Crippen LogP contribution in [-0.4, -0.2) is 59.3 Å². The van der Waals surface area contributed by atoms with Gasteiger partial charge in [0, 0.05) is 12.2 Å². The summed E-state index contributed by atoms with van der Waals surface area (Å²) in [6.45, 7) is 4.46. The minimum atomic E-state index is -0.736. The summed E-state index contributed by atoms with van der Waals surface area (Å²) < 4.78 is 8.83. The molecule has 0 saturated heterocycles. The van der Waals surface area contributed by atoms with Crippen LogP contribution in [0.5, 0.6) is 0 Å². The van der Waals surface area contributed by atoms with Crippen LogP contribution in [0.25, 0.3) is 0 Å².